The second kappa shape index (κ2) is 7.34. The minimum absolute atomic E-state index is 0.0174. The minimum atomic E-state index is -0.343. The largest absolute Gasteiger partial charge is 0.504 e. The lowest BCUT2D eigenvalue weighted by Gasteiger charge is -2.24. The van der Waals surface area contributed by atoms with Gasteiger partial charge >= 0.3 is 0 Å². The molecule has 0 spiro atoms. The van der Waals surface area contributed by atoms with E-state index in [2.05, 4.69) is 10.4 Å². The number of benzene rings is 1. The van der Waals surface area contributed by atoms with Crippen LogP contribution in [0.4, 0.5) is 5.82 Å². The maximum Gasteiger partial charge on any atom is 0.270 e. The molecule has 1 amide bonds. The predicted octanol–water partition coefficient (Wildman–Crippen LogP) is 3.17. The third-order valence-corrected chi connectivity index (χ3v) is 6.58. The number of carbonyl (C=O) groups is 1. The monoisotopic (exact) mass is 389 g/mol. The van der Waals surface area contributed by atoms with Gasteiger partial charge in [-0.25, -0.2) is 0 Å². The summed E-state index contributed by atoms with van der Waals surface area (Å²) in [6, 6.07) is 5.31. The average Bonchev–Trinajstić information content (AvgIpc) is 2.88. The topological polar surface area (TPSA) is 96.4 Å². The number of phenolic OH excluding ortho intramolecular Hbond substituents is 1. The second-order valence-corrected chi connectivity index (χ2v) is 8.13. The van der Waals surface area contributed by atoms with Crippen molar-refractivity contribution >= 4 is 23.5 Å². The van der Waals surface area contributed by atoms with Gasteiger partial charge in [-0.05, 0) is 30.5 Å². The molecule has 1 fully saturated rings. The highest BCUT2D eigenvalue weighted by atomic mass is 32.2. The lowest BCUT2D eigenvalue weighted by Crippen LogP contribution is -2.21. The molecule has 144 valence electrons. The molecule has 1 saturated carbocycles. The highest BCUT2D eigenvalue weighted by molar-refractivity contribution is 8.00. The fourth-order valence-electron chi connectivity index (χ4n) is 3.99. The van der Waals surface area contributed by atoms with Gasteiger partial charge in [-0.1, -0.05) is 25.3 Å². The van der Waals surface area contributed by atoms with Crippen molar-refractivity contribution in [3.63, 3.8) is 0 Å². The number of anilines is 1. The fraction of sp³-hybridized carbons (Fsp3) is 0.474. The van der Waals surface area contributed by atoms with Gasteiger partial charge in [-0.2, -0.15) is 0 Å². The van der Waals surface area contributed by atoms with E-state index in [4.69, 9.17) is 4.74 Å². The molecular formula is C19H23N3O4S. The van der Waals surface area contributed by atoms with Crippen LogP contribution in [0.1, 0.15) is 54.5 Å². The number of nitrogens with one attached hydrogen (secondary N) is 2. The standard InChI is InChI=1S/C19H23N3O4S/c1-26-14-8-7-11(9-13(14)23)17-16-18(20-15(24)10-27-17)22(21-19(16)25)12-5-3-2-4-6-12/h7-9,12,17,23H,2-6,10H2,1H3,(H,20,24)(H,21,25). The summed E-state index contributed by atoms with van der Waals surface area (Å²) in [4.78, 5) is 25.2. The quantitative estimate of drug-likeness (QED) is 0.749. The molecule has 0 radical (unpaired) electrons. The van der Waals surface area contributed by atoms with Crippen molar-refractivity contribution in [3.8, 4) is 11.5 Å². The van der Waals surface area contributed by atoms with Crippen LogP contribution in [0.2, 0.25) is 0 Å². The maximum atomic E-state index is 12.9. The number of aromatic amines is 1. The first kappa shape index (κ1) is 18.0. The van der Waals surface area contributed by atoms with Crippen LogP contribution < -0.4 is 15.6 Å². The summed E-state index contributed by atoms with van der Waals surface area (Å²) in [7, 11) is 1.49. The molecule has 2 aromatic rings. The van der Waals surface area contributed by atoms with E-state index < -0.39 is 0 Å². The van der Waals surface area contributed by atoms with Crippen LogP contribution in [0.25, 0.3) is 0 Å². The molecule has 8 heteroatoms. The maximum absolute atomic E-state index is 12.9. The number of ether oxygens (including phenoxy) is 1. The van der Waals surface area contributed by atoms with E-state index in [0.717, 1.165) is 31.2 Å². The van der Waals surface area contributed by atoms with Crippen LogP contribution in [0.5, 0.6) is 11.5 Å². The van der Waals surface area contributed by atoms with E-state index in [1.54, 1.807) is 12.1 Å². The molecule has 1 unspecified atom stereocenters. The average molecular weight is 389 g/mol. The summed E-state index contributed by atoms with van der Waals surface area (Å²) in [6.07, 6.45) is 5.44. The zero-order chi connectivity index (χ0) is 19.0. The normalized spacial score (nSPS) is 20.6. The van der Waals surface area contributed by atoms with Gasteiger partial charge in [0.15, 0.2) is 11.5 Å². The molecule has 7 nitrogen and oxygen atoms in total. The molecule has 4 rings (SSSR count). The molecule has 3 N–H and O–H groups in total. The van der Waals surface area contributed by atoms with Crippen molar-refractivity contribution in [2.24, 2.45) is 0 Å². The lowest BCUT2D eigenvalue weighted by atomic mass is 9.95. The molecule has 1 aromatic heterocycles. The summed E-state index contributed by atoms with van der Waals surface area (Å²) >= 11 is 1.39. The van der Waals surface area contributed by atoms with E-state index >= 15 is 0 Å². The van der Waals surface area contributed by atoms with Gasteiger partial charge in [0.05, 0.1) is 29.7 Å². The van der Waals surface area contributed by atoms with Crippen LogP contribution in [0.3, 0.4) is 0 Å². The zero-order valence-corrected chi connectivity index (χ0v) is 16.0. The van der Waals surface area contributed by atoms with Gasteiger partial charge in [-0.15, -0.1) is 11.8 Å². The van der Waals surface area contributed by atoms with E-state index in [1.165, 1.54) is 25.3 Å². The third kappa shape index (κ3) is 3.34. The minimum Gasteiger partial charge on any atom is -0.504 e. The van der Waals surface area contributed by atoms with Crippen LogP contribution in [-0.4, -0.2) is 33.7 Å². The number of H-pyrrole nitrogens is 1. The SMILES string of the molecule is COc1ccc(C2SCC(=O)Nc3c2c(=O)[nH]n3C2CCCCC2)cc1O. The number of aromatic hydroxyl groups is 1. The number of hydrogen-bond acceptors (Lipinski definition) is 5. The molecule has 1 aliphatic carbocycles. The Labute approximate surface area is 161 Å². The lowest BCUT2D eigenvalue weighted by molar-refractivity contribution is -0.113. The number of thioether (sulfide) groups is 1. The smallest absolute Gasteiger partial charge is 0.270 e. The third-order valence-electron chi connectivity index (χ3n) is 5.31. The van der Waals surface area contributed by atoms with E-state index in [1.807, 2.05) is 10.7 Å². The summed E-state index contributed by atoms with van der Waals surface area (Å²) in [6.45, 7) is 0. The van der Waals surface area contributed by atoms with Crippen molar-refractivity contribution in [3.05, 3.63) is 39.7 Å². The number of phenols is 1. The van der Waals surface area contributed by atoms with Gasteiger partial charge < -0.3 is 15.2 Å². The van der Waals surface area contributed by atoms with Crippen molar-refractivity contribution < 1.29 is 14.6 Å². The highest BCUT2D eigenvalue weighted by Gasteiger charge is 2.32. The van der Waals surface area contributed by atoms with Crippen molar-refractivity contribution in [2.75, 3.05) is 18.2 Å². The van der Waals surface area contributed by atoms with Gasteiger partial charge in [0.25, 0.3) is 5.56 Å². The Balaban J connectivity index is 1.80. The van der Waals surface area contributed by atoms with Crippen LogP contribution in [-0.2, 0) is 4.79 Å². The first-order valence-corrected chi connectivity index (χ1v) is 10.3. The molecular weight excluding hydrogens is 366 g/mol. The Bertz CT molecular complexity index is 914. The highest BCUT2D eigenvalue weighted by Crippen LogP contribution is 2.43. The predicted molar refractivity (Wildman–Crippen MR) is 105 cm³/mol. The number of rotatable bonds is 3. The molecule has 2 heterocycles. The van der Waals surface area contributed by atoms with Crippen LogP contribution in [0.15, 0.2) is 23.0 Å². The first-order chi connectivity index (χ1) is 13.1. The first-order valence-electron chi connectivity index (χ1n) is 9.21. The molecule has 1 atom stereocenters. The summed E-state index contributed by atoms with van der Waals surface area (Å²) in [5.41, 5.74) is 1.12. The van der Waals surface area contributed by atoms with Gasteiger partial charge in [0.2, 0.25) is 5.91 Å². The second-order valence-electron chi connectivity index (χ2n) is 7.04. The number of aromatic nitrogens is 2. The molecule has 2 aliphatic rings. The number of nitrogens with zero attached hydrogens (tertiary/aromatic N) is 1. The van der Waals surface area contributed by atoms with E-state index in [0.29, 0.717) is 17.1 Å². The van der Waals surface area contributed by atoms with Gasteiger partial charge in [0, 0.05) is 0 Å². The molecule has 1 aliphatic heterocycles. The molecule has 1 aromatic carbocycles. The number of amides is 1. The van der Waals surface area contributed by atoms with Gasteiger partial charge in [-0.3, -0.25) is 19.4 Å². The molecule has 0 bridgehead atoms. The number of fused-ring (bicyclic) bond motifs is 1. The molecule has 27 heavy (non-hydrogen) atoms. The zero-order valence-electron chi connectivity index (χ0n) is 15.2. The number of methoxy groups -OCH3 is 1. The Morgan fingerprint density at radius 2 is 2.00 bits per heavy atom. The van der Waals surface area contributed by atoms with Crippen molar-refractivity contribution in [1.82, 2.24) is 9.78 Å². The number of hydrogen-bond donors (Lipinski definition) is 3. The van der Waals surface area contributed by atoms with Crippen LogP contribution >= 0.6 is 11.8 Å². The Morgan fingerprint density at radius 1 is 1.22 bits per heavy atom. The fourth-order valence-corrected chi connectivity index (χ4v) is 5.10. The Morgan fingerprint density at radius 3 is 2.70 bits per heavy atom. The van der Waals surface area contributed by atoms with Crippen molar-refractivity contribution in [2.45, 2.75) is 43.4 Å². The number of carbonyl (C=O) groups excluding carboxylic acids is 1. The van der Waals surface area contributed by atoms with Crippen LogP contribution in [0, 0.1) is 0 Å². The Hall–Kier alpha value is -2.35. The summed E-state index contributed by atoms with van der Waals surface area (Å²) < 4.78 is 6.97. The molecule has 0 saturated heterocycles. The Kier molecular flexibility index (Phi) is 4.90. The van der Waals surface area contributed by atoms with E-state index in [-0.39, 0.29) is 34.3 Å². The van der Waals surface area contributed by atoms with Crippen molar-refractivity contribution in [1.29, 1.82) is 0 Å². The van der Waals surface area contributed by atoms with Gasteiger partial charge in [0.1, 0.15) is 5.82 Å². The van der Waals surface area contributed by atoms with E-state index in [9.17, 15) is 14.7 Å². The summed E-state index contributed by atoms with van der Waals surface area (Å²) in [5, 5.41) is 15.7. The summed E-state index contributed by atoms with van der Waals surface area (Å²) in [5.74, 6) is 1.09.